The molecular weight excluding hydrogens is 284 g/mol. The standard InChI is InChI=1S/C16H30N2O4/c1-11(19)13(18-15(21)22-16(2,3)4)14(20)17-12-9-7-5-6-8-10-12/h11-13,19H,5-10H2,1-4H3,(H,17,20)(H,18,21). The number of nitrogens with one attached hydrogen (secondary N) is 2. The second kappa shape index (κ2) is 8.36. The van der Waals surface area contributed by atoms with E-state index in [9.17, 15) is 14.7 Å². The lowest BCUT2D eigenvalue weighted by molar-refractivity contribution is -0.126. The Hall–Kier alpha value is -1.30. The fourth-order valence-electron chi connectivity index (χ4n) is 2.55. The summed E-state index contributed by atoms with van der Waals surface area (Å²) < 4.78 is 5.14. The van der Waals surface area contributed by atoms with Crippen molar-refractivity contribution in [1.29, 1.82) is 0 Å². The summed E-state index contributed by atoms with van der Waals surface area (Å²) in [4.78, 5) is 24.1. The molecule has 0 aromatic heterocycles. The molecule has 1 fully saturated rings. The molecule has 0 radical (unpaired) electrons. The van der Waals surface area contributed by atoms with Crippen LogP contribution in [0.5, 0.6) is 0 Å². The summed E-state index contributed by atoms with van der Waals surface area (Å²) in [7, 11) is 0. The number of aliphatic hydroxyl groups excluding tert-OH is 1. The molecule has 0 aromatic rings. The second-order valence-corrected chi connectivity index (χ2v) is 7.06. The van der Waals surface area contributed by atoms with Gasteiger partial charge in [0.15, 0.2) is 0 Å². The van der Waals surface area contributed by atoms with Crippen molar-refractivity contribution in [3.8, 4) is 0 Å². The molecule has 3 N–H and O–H groups in total. The molecular formula is C16H30N2O4. The molecule has 0 heterocycles. The number of carbonyl (C=O) groups excluding carboxylic acids is 2. The van der Waals surface area contributed by atoms with Crippen LogP contribution in [0.25, 0.3) is 0 Å². The van der Waals surface area contributed by atoms with E-state index in [-0.39, 0.29) is 11.9 Å². The Morgan fingerprint density at radius 2 is 1.68 bits per heavy atom. The Bertz CT molecular complexity index is 369. The SMILES string of the molecule is CC(O)C(NC(=O)OC(C)(C)C)C(=O)NC1CCCCCC1. The second-order valence-electron chi connectivity index (χ2n) is 7.06. The lowest BCUT2D eigenvalue weighted by atomic mass is 10.1. The summed E-state index contributed by atoms with van der Waals surface area (Å²) in [6.45, 7) is 6.72. The summed E-state index contributed by atoms with van der Waals surface area (Å²) in [5.41, 5.74) is -0.648. The smallest absolute Gasteiger partial charge is 0.408 e. The van der Waals surface area contributed by atoms with Crippen LogP contribution < -0.4 is 10.6 Å². The fourth-order valence-corrected chi connectivity index (χ4v) is 2.55. The van der Waals surface area contributed by atoms with Gasteiger partial charge in [-0.05, 0) is 40.5 Å². The minimum atomic E-state index is -1.00. The van der Waals surface area contributed by atoms with Crippen LogP contribution in [0.2, 0.25) is 0 Å². The normalized spacial score (nSPS) is 19.7. The Morgan fingerprint density at radius 3 is 2.14 bits per heavy atom. The fraction of sp³-hybridized carbons (Fsp3) is 0.875. The van der Waals surface area contributed by atoms with E-state index in [0.29, 0.717) is 0 Å². The molecule has 1 aliphatic rings. The maximum atomic E-state index is 12.3. The third-order valence-corrected chi connectivity index (χ3v) is 3.64. The monoisotopic (exact) mass is 314 g/mol. The van der Waals surface area contributed by atoms with Gasteiger partial charge in [-0.15, -0.1) is 0 Å². The van der Waals surface area contributed by atoms with Gasteiger partial charge in [-0.2, -0.15) is 0 Å². The summed E-state index contributed by atoms with van der Waals surface area (Å²) in [5, 5.41) is 15.2. The van der Waals surface area contributed by atoms with Crippen LogP contribution >= 0.6 is 0 Å². The van der Waals surface area contributed by atoms with Crippen molar-refractivity contribution < 1.29 is 19.4 Å². The topological polar surface area (TPSA) is 87.7 Å². The van der Waals surface area contributed by atoms with Crippen molar-refractivity contribution in [3.05, 3.63) is 0 Å². The first-order chi connectivity index (χ1) is 10.2. The lowest BCUT2D eigenvalue weighted by Crippen LogP contribution is -2.55. The predicted octanol–water partition coefficient (Wildman–Crippen LogP) is 2.10. The Kier molecular flexibility index (Phi) is 7.13. The van der Waals surface area contributed by atoms with Crippen molar-refractivity contribution in [1.82, 2.24) is 10.6 Å². The zero-order valence-corrected chi connectivity index (χ0v) is 14.1. The number of carbonyl (C=O) groups is 2. The molecule has 1 saturated carbocycles. The van der Waals surface area contributed by atoms with Gasteiger partial charge < -0.3 is 20.5 Å². The molecule has 22 heavy (non-hydrogen) atoms. The van der Waals surface area contributed by atoms with Gasteiger partial charge in [-0.3, -0.25) is 4.79 Å². The molecule has 1 rings (SSSR count). The van der Waals surface area contributed by atoms with Gasteiger partial charge in [-0.1, -0.05) is 25.7 Å². The van der Waals surface area contributed by atoms with Gasteiger partial charge in [-0.25, -0.2) is 4.79 Å². The van der Waals surface area contributed by atoms with E-state index in [0.717, 1.165) is 25.7 Å². The molecule has 2 atom stereocenters. The number of alkyl carbamates (subject to hydrolysis) is 1. The third kappa shape index (κ3) is 7.11. The summed E-state index contributed by atoms with van der Waals surface area (Å²) in [5.74, 6) is -0.354. The van der Waals surface area contributed by atoms with Crippen molar-refractivity contribution >= 4 is 12.0 Å². The van der Waals surface area contributed by atoms with Crippen molar-refractivity contribution in [3.63, 3.8) is 0 Å². The zero-order valence-electron chi connectivity index (χ0n) is 14.1. The van der Waals surface area contributed by atoms with Crippen LogP contribution in [-0.4, -0.2) is 40.9 Å². The Balaban J connectivity index is 2.57. The largest absolute Gasteiger partial charge is 0.444 e. The van der Waals surface area contributed by atoms with E-state index < -0.39 is 23.8 Å². The van der Waals surface area contributed by atoms with Crippen LogP contribution in [0.3, 0.4) is 0 Å². The van der Waals surface area contributed by atoms with Crippen LogP contribution in [0, 0.1) is 0 Å². The number of hydrogen-bond donors (Lipinski definition) is 3. The van der Waals surface area contributed by atoms with Crippen LogP contribution in [-0.2, 0) is 9.53 Å². The Labute approximate surface area is 133 Å². The summed E-state index contributed by atoms with van der Waals surface area (Å²) in [6, 6.07) is -0.880. The number of amides is 2. The molecule has 2 unspecified atom stereocenters. The average molecular weight is 314 g/mol. The quantitative estimate of drug-likeness (QED) is 0.693. The molecule has 0 bridgehead atoms. The predicted molar refractivity (Wildman–Crippen MR) is 84.5 cm³/mol. The number of aliphatic hydroxyl groups is 1. The maximum Gasteiger partial charge on any atom is 0.408 e. The minimum absolute atomic E-state index is 0.122. The molecule has 6 nitrogen and oxygen atoms in total. The Morgan fingerprint density at radius 1 is 1.14 bits per heavy atom. The molecule has 2 amide bonds. The van der Waals surface area contributed by atoms with Crippen molar-refractivity contribution in [2.75, 3.05) is 0 Å². The maximum absolute atomic E-state index is 12.3. The highest BCUT2D eigenvalue weighted by Crippen LogP contribution is 2.17. The van der Waals surface area contributed by atoms with Crippen LogP contribution in [0.1, 0.15) is 66.2 Å². The molecule has 0 saturated heterocycles. The zero-order chi connectivity index (χ0) is 16.8. The lowest BCUT2D eigenvalue weighted by Gasteiger charge is -2.26. The molecule has 0 aromatic carbocycles. The number of hydrogen-bond acceptors (Lipinski definition) is 4. The van der Waals surface area contributed by atoms with Crippen LogP contribution in [0.4, 0.5) is 4.79 Å². The summed E-state index contributed by atoms with van der Waals surface area (Å²) in [6.07, 6.45) is 4.81. The van der Waals surface area contributed by atoms with Gasteiger partial charge in [0, 0.05) is 6.04 Å². The van der Waals surface area contributed by atoms with E-state index in [1.807, 2.05) is 0 Å². The first-order valence-electron chi connectivity index (χ1n) is 8.17. The van der Waals surface area contributed by atoms with Gasteiger partial charge in [0.25, 0.3) is 0 Å². The van der Waals surface area contributed by atoms with Gasteiger partial charge in [0.05, 0.1) is 6.10 Å². The molecule has 6 heteroatoms. The first-order valence-corrected chi connectivity index (χ1v) is 8.17. The minimum Gasteiger partial charge on any atom is -0.444 e. The summed E-state index contributed by atoms with van der Waals surface area (Å²) >= 11 is 0. The third-order valence-electron chi connectivity index (χ3n) is 3.64. The van der Waals surface area contributed by atoms with Gasteiger partial charge in [0.2, 0.25) is 5.91 Å². The van der Waals surface area contributed by atoms with Crippen molar-refractivity contribution in [2.45, 2.75) is 90.0 Å². The van der Waals surface area contributed by atoms with Crippen molar-refractivity contribution in [2.24, 2.45) is 0 Å². The van der Waals surface area contributed by atoms with E-state index >= 15 is 0 Å². The highest BCUT2D eigenvalue weighted by atomic mass is 16.6. The van der Waals surface area contributed by atoms with Crippen LogP contribution in [0.15, 0.2) is 0 Å². The van der Waals surface area contributed by atoms with E-state index in [4.69, 9.17) is 4.74 Å². The molecule has 1 aliphatic carbocycles. The average Bonchev–Trinajstić information content (AvgIpc) is 2.62. The molecule has 0 aliphatic heterocycles. The van der Waals surface area contributed by atoms with E-state index in [1.54, 1.807) is 20.8 Å². The van der Waals surface area contributed by atoms with E-state index in [2.05, 4.69) is 10.6 Å². The van der Waals surface area contributed by atoms with Gasteiger partial charge in [0.1, 0.15) is 11.6 Å². The molecule has 128 valence electrons. The highest BCUT2D eigenvalue weighted by molar-refractivity contribution is 5.86. The van der Waals surface area contributed by atoms with E-state index in [1.165, 1.54) is 19.8 Å². The first kappa shape index (κ1) is 18.7. The highest BCUT2D eigenvalue weighted by Gasteiger charge is 2.29. The van der Waals surface area contributed by atoms with Gasteiger partial charge >= 0.3 is 6.09 Å². The number of rotatable bonds is 4. The molecule has 0 spiro atoms. The number of ether oxygens (including phenoxy) is 1.